The van der Waals surface area contributed by atoms with Crippen molar-refractivity contribution in [2.75, 3.05) is 18.1 Å². The van der Waals surface area contributed by atoms with Gasteiger partial charge in [-0.1, -0.05) is 12.1 Å². The molecule has 0 bridgehead atoms. The molecular weight excluding hydrogens is 307 g/mol. The normalized spacial score (nSPS) is 11.4. The monoisotopic (exact) mass is 325 g/mol. The van der Waals surface area contributed by atoms with Gasteiger partial charge in [0.2, 0.25) is 11.8 Å². The molecule has 2 rings (SSSR count). The molecule has 124 valence electrons. The van der Waals surface area contributed by atoms with Gasteiger partial charge in [0, 0.05) is 18.4 Å². The minimum atomic E-state index is -4.55. The number of anilines is 2. The topological polar surface area (TPSA) is 38.2 Å². The summed E-state index contributed by atoms with van der Waals surface area (Å²) >= 11 is 0. The van der Waals surface area contributed by atoms with Gasteiger partial charge in [-0.25, -0.2) is 4.98 Å². The van der Waals surface area contributed by atoms with Crippen LogP contribution in [0.1, 0.15) is 25.0 Å². The fraction of sp³-hybridized carbons (Fsp3) is 0.375. The number of hydrogen-bond donors (Lipinski definition) is 0. The maximum absolute atomic E-state index is 13.0. The lowest BCUT2D eigenvalue weighted by Crippen LogP contribution is -2.20. The molecule has 0 spiro atoms. The second-order valence-electron chi connectivity index (χ2n) is 4.90. The predicted octanol–water partition coefficient (Wildman–Crippen LogP) is 4.36. The van der Waals surface area contributed by atoms with Crippen molar-refractivity contribution in [3.8, 4) is 5.88 Å². The quantitative estimate of drug-likeness (QED) is 0.818. The molecule has 2 aromatic rings. The zero-order valence-corrected chi connectivity index (χ0v) is 13.2. The number of aromatic nitrogens is 2. The number of halogens is 3. The molecule has 0 aliphatic rings. The summed E-state index contributed by atoms with van der Waals surface area (Å²) in [6.45, 7) is 6.04. The van der Waals surface area contributed by atoms with Gasteiger partial charge in [-0.2, -0.15) is 18.2 Å². The van der Waals surface area contributed by atoms with Crippen molar-refractivity contribution in [2.24, 2.45) is 0 Å². The fourth-order valence-electron chi connectivity index (χ4n) is 2.16. The van der Waals surface area contributed by atoms with Gasteiger partial charge in [-0.15, -0.1) is 0 Å². The van der Waals surface area contributed by atoms with Crippen LogP contribution in [-0.4, -0.2) is 23.1 Å². The molecule has 23 heavy (non-hydrogen) atoms. The Morgan fingerprint density at radius 2 is 1.96 bits per heavy atom. The summed E-state index contributed by atoms with van der Waals surface area (Å²) < 4.78 is 44.0. The molecule has 0 atom stereocenters. The summed E-state index contributed by atoms with van der Waals surface area (Å²) in [6.07, 6.45) is -3.78. The molecule has 1 heterocycles. The van der Waals surface area contributed by atoms with Crippen LogP contribution >= 0.6 is 0 Å². The lowest BCUT2D eigenvalue weighted by Gasteiger charge is -2.22. The van der Waals surface area contributed by atoms with Crippen molar-refractivity contribution in [3.63, 3.8) is 0 Å². The van der Waals surface area contributed by atoms with Crippen molar-refractivity contribution in [1.29, 1.82) is 0 Å². The van der Waals surface area contributed by atoms with E-state index in [0.717, 1.165) is 17.4 Å². The summed E-state index contributed by atoms with van der Waals surface area (Å²) in [5.41, 5.74) is 0.885. The fourth-order valence-corrected chi connectivity index (χ4v) is 2.16. The van der Waals surface area contributed by atoms with E-state index in [-0.39, 0.29) is 12.6 Å². The summed E-state index contributed by atoms with van der Waals surface area (Å²) in [6, 6.07) is 7.60. The highest BCUT2D eigenvalue weighted by atomic mass is 19.4. The van der Waals surface area contributed by atoms with Crippen LogP contribution in [0.4, 0.5) is 24.8 Å². The van der Waals surface area contributed by atoms with E-state index in [2.05, 4.69) is 9.97 Å². The van der Waals surface area contributed by atoms with Gasteiger partial charge in [0.1, 0.15) is 5.56 Å². The third-order valence-electron chi connectivity index (χ3n) is 3.20. The number of ether oxygens (including phenoxy) is 1. The van der Waals surface area contributed by atoms with E-state index >= 15 is 0 Å². The SMILES string of the molecule is CCOc1nc(N(CC)c2cccc(C)c2)ncc1C(F)(F)F. The number of nitrogens with zero attached hydrogens (tertiary/aromatic N) is 3. The Morgan fingerprint density at radius 3 is 2.52 bits per heavy atom. The molecule has 0 amide bonds. The van der Waals surface area contributed by atoms with Crippen molar-refractivity contribution in [1.82, 2.24) is 9.97 Å². The molecule has 4 nitrogen and oxygen atoms in total. The first-order valence-electron chi connectivity index (χ1n) is 7.28. The van der Waals surface area contributed by atoms with Crippen LogP contribution < -0.4 is 9.64 Å². The summed E-state index contributed by atoms with van der Waals surface area (Å²) in [5, 5.41) is 0. The van der Waals surface area contributed by atoms with Gasteiger partial charge in [0.05, 0.1) is 6.61 Å². The zero-order chi connectivity index (χ0) is 17.0. The molecule has 0 aliphatic heterocycles. The Bertz CT molecular complexity index is 674. The van der Waals surface area contributed by atoms with Gasteiger partial charge >= 0.3 is 6.18 Å². The van der Waals surface area contributed by atoms with Gasteiger partial charge in [0.15, 0.2) is 0 Å². The molecule has 7 heteroatoms. The standard InChI is InChI=1S/C16H18F3N3O/c1-4-22(12-8-6-7-11(3)9-12)15-20-10-13(16(17,18)19)14(21-15)23-5-2/h6-10H,4-5H2,1-3H3. The van der Waals surface area contributed by atoms with Gasteiger partial charge in [-0.05, 0) is 38.5 Å². The second kappa shape index (κ2) is 6.85. The average molecular weight is 325 g/mol. The number of hydrogen-bond acceptors (Lipinski definition) is 4. The minimum Gasteiger partial charge on any atom is -0.477 e. The molecule has 0 aliphatic carbocycles. The highest BCUT2D eigenvalue weighted by Gasteiger charge is 2.36. The lowest BCUT2D eigenvalue weighted by molar-refractivity contribution is -0.139. The highest BCUT2D eigenvalue weighted by molar-refractivity contribution is 5.58. The molecule has 1 aromatic carbocycles. The summed E-state index contributed by atoms with van der Waals surface area (Å²) in [4.78, 5) is 9.59. The van der Waals surface area contributed by atoms with E-state index in [1.165, 1.54) is 0 Å². The predicted molar refractivity (Wildman–Crippen MR) is 82.1 cm³/mol. The van der Waals surface area contributed by atoms with Crippen LogP contribution in [0.2, 0.25) is 0 Å². The highest BCUT2D eigenvalue weighted by Crippen LogP contribution is 2.36. The van der Waals surface area contributed by atoms with Crippen LogP contribution in [0.3, 0.4) is 0 Å². The first-order valence-corrected chi connectivity index (χ1v) is 7.28. The third kappa shape index (κ3) is 3.91. The number of alkyl halides is 3. The maximum Gasteiger partial charge on any atom is 0.423 e. The Labute approximate surface area is 132 Å². The molecular formula is C16H18F3N3O. The van der Waals surface area contributed by atoms with E-state index in [0.29, 0.717) is 6.54 Å². The van der Waals surface area contributed by atoms with Gasteiger partial charge < -0.3 is 9.64 Å². The maximum atomic E-state index is 13.0. The van der Waals surface area contributed by atoms with Crippen LogP contribution in [0, 0.1) is 6.92 Å². The van der Waals surface area contributed by atoms with Gasteiger partial charge in [-0.3, -0.25) is 0 Å². The number of benzene rings is 1. The number of aryl methyl sites for hydroxylation is 1. The van der Waals surface area contributed by atoms with Crippen molar-refractivity contribution in [2.45, 2.75) is 26.9 Å². The molecule has 0 N–H and O–H groups in total. The smallest absolute Gasteiger partial charge is 0.423 e. The lowest BCUT2D eigenvalue weighted by atomic mass is 10.2. The first kappa shape index (κ1) is 17.1. The molecule has 0 saturated carbocycles. The van der Waals surface area contributed by atoms with Crippen molar-refractivity contribution < 1.29 is 17.9 Å². The third-order valence-corrected chi connectivity index (χ3v) is 3.20. The Kier molecular flexibility index (Phi) is 5.08. The van der Waals surface area contributed by atoms with Crippen LogP contribution in [-0.2, 0) is 6.18 Å². The first-order chi connectivity index (χ1) is 10.9. The summed E-state index contributed by atoms with van der Waals surface area (Å²) in [5.74, 6) is -0.273. The van der Waals surface area contributed by atoms with Crippen LogP contribution in [0.15, 0.2) is 30.5 Å². The van der Waals surface area contributed by atoms with E-state index in [9.17, 15) is 13.2 Å². The van der Waals surface area contributed by atoms with Crippen LogP contribution in [0.25, 0.3) is 0 Å². The van der Waals surface area contributed by atoms with E-state index in [1.54, 1.807) is 11.8 Å². The Hall–Kier alpha value is -2.31. The molecule has 0 unspecified atom stereocenters. The molecule has 0 radical (unpaired) electrons. The average Bonchev–Trinajstić information content (AvgIpc) is 2.47. The largest absolute Gasteiger partial charge is 0.477 e. The minimum absolute atomic E-state index is 0.0934. The molecule has 0 saturated heterocycles. The zero-order valence-electron chi connectivity index (χ0n) is 13.2. The summed E-state index contributed by atoms with van der Waals surface area (Å²) in [7, 11) is 0. The van der Waals surface area contributed by atoms with Crippen molar-refractivity contribution in [3.05, 3.63) is 41.6 Å². The Balaban J connectivity index is 2.47. The van der Waals surface area contributed by atoms with E-state index in [4.69, 9.17) is 4.74 Å². The van der Waals surface area contributed by atoms with Gasteiger partial charge in [0.25, 0.3) is 0 Å². The van der Waals surface area contributed by atoms with Crippen LogP contribution in [0.5, 0.6) is 5.88 Å². The Morgan fingerprint density at radius 1 is 1.22 bits per heavy atom. The van der Waals surface area contributed by atoms with Crippen molar-refractivity contribution >= 4 is 11.6 Å². The second-order valence-corrected chi connectivity index (χ2v) is 4.90. The van der Waals surface area contributed by atoms with E-state index in [1.807, 2.05) is 38.1 Å². The van der Waals surface area contributed by atoms with E-state index < -0.39 is 17.6 Å². The molecule has 0 fully saturated rings. The molecule has 1 aromatic heterocycles. The number of rotatable bonds is 5.